The Bertz CT molecular complexity index is 909. The molecule has 1 atom stereocenters. The lowest BCUT2D eigenvalue weighted by molar-refractivity contribution is -0.138. The van der Waals surface area contributed by atoms with Crippen LogP contribution < -0.4 is 5.73 Å². The zero-order chi connectivity index (χ0) is 20.6. The second-order valence-electron chi connectivity index (χ2n) is 8.14. The van der Waals surface area contributed by atoms with E-state index in [2.05, 4.69) is 0 Å². The molecule has 2 saturated heterocycles. The highest BCUT2D eigenvalue weighted by molar-refractivity contribution is 7.89. The summed E-state index contributed by atoms with van der Waals surface area (Å²) in [4.78, 5) is 27.9. The minimum atomic E-state index is -3.55. The van der Waals surface area contributed by atoms with Crippen LogP contribution in [0.2, 0.25) is 0 Å². The van der Waals surface area contributed by atoms with Crippen LogP contribution >= 0.6 is 0 Å². The Hall–Kier alpha value is -2.13. The largest absolute Gasteiger partial charge is 0.351 e. The van der Waals surface area contributed by atoms with Crippen molar-refractivity contribution in [1.82, 2.24) is 14.1 Å². The molecule has 29 heavy (non-hydrogen) atoms. The normalized spacial score (nSPS) is 23.1. The Morgan fingerprint density at radius 2 is 1.66 bits per heavy atom. The Morgan fingerprint density at radius 1 is 0.931 bits per heavy atom. The molecule has 3 amide bonds. The van der Waals surface area contributed by atoms with Crippen molar-refractivity contribution in [2.45, 2.75) is 37.0 Å². The average molecular weight is 421 g/mol. The average Bonchev–Trinajstić information content (AvgIpc) is 3.21. The molecule has 1 aromatic carbocycles. The molecular weight excluding hydrogens is 392 g/mol. The third-order valence-corrected chi connectivity index (χ3v) is 8.23. The van der Waals surface area contributed by atoms with Crippen LogP contribution in [0.3, 0.4) is 0 Å². The van der Waals surface area contributed by atoms with E-state index in [1.807, 2.05) is 12.1 Å². The molecule has 0 unspecified atom stereocenters. The number of hydrogen-bond acceptors (Lipinski definition) is 4. The highest BCUT2D eigenvalue weighted by Gasteiger charge is 2.35. The number of piperidine rings is 1. The number of sulfonamides is 1. The molecule has 2 N–H and O–H groups in total. The molecule has 8 nitrogen and oxygen atoms in total. The van der Waals surface area contributed by atoms with Gasteiger partial charge in [-0.15, -0.1) is 0 Å². The summed E-state index contributed by atoms with van der Waals surface area (Å²) in [6.07, 6.45) is 4.52. The van der Waals surface area contributed by atoms with E-state index in [0.29, 0.717) is 31.1 Å². The zero-order valence-electron chi connectivity index (χ0n) is 16.5. The first kappa shape index (κ1) is 20.2. The third-order valence-electron chi connectivity index (χ3n) is 6.34. The van der Waals surface area contributed by atoms with E-state index >= 15 is 0 Å². The highest BCUT2D eigenvalue weighted by atomic mass is 32.2. The second kappa shape index (κ2) is 7.95. The quantitative estimate of drug-likeness (QED) is 0.781. The molecule has 0 radical (unpaired) electrons. The van der Waals surface area contributed by atoms with Gasteiger partial charge in [0.05, 0.1) is 10.8 Å². The van der Waals surface area contributed by atoms with Crippen molar-refractivity contribution in [2.75, 3.05) is 39.3 Å². The third kappa shape index (κ3) is 3.98. The predicted molar refractivity (Wildman–Crippen MR) is 108 cm³/mol. The first-order valence-corrected chi connectivity index (χ1v) is 11.8. The highest BCUT2D eigenvalue weighted by Crippen LogP contribution is 2.27. The lowest BCUT2D eigenvalue weighted by Crippen LogP contribution is -2.54. The van der Waals surface area contributed by atoms with Gasteiger partial charge in [-0.1, -0.05) is 6.07 Å². The number of rotatable bonds is 3. The molecule has 4 rings (SSSR count). The number of nitrogens with two attached hydrogens (primary N) is 1. The molecule has 2 fully saturated rings. The van der Waals surface area contributed by atoms with Gasteiger partial charge >= 0.3 is 6.03 Å². The molecule has 2 heterocycles. The number of primary amides is 1. The van der Waals surface area contributed by atoms with Crippen molar-refractivity contribution >= 4 is 22.0 Å². The van der Waals surface area contributed by atoms with Crippen molar-refractivity contribution in [3.05, 3.63) is 29.3 Å². The van der Waals surface area contributed by atoms with Gasteiger partial charge in [0.2, 0.25) is 15.9 Å². The summed E-state index contributed by atoms with van der Waals surface area (Å²) in [6.45, 7) is 2.26. The maximum atomic E-state index is 13.0. The molecule has 0 bridgehead atoms. The summed E-state index contributed by atoms with van der Waals surface area (Å²) in [7, 11) is -3.55. The Kier molecular flexibility index (Phi) is 5.52. The van der Waals surface area contributed by atoms with Crippen molar-refractivity contribution < 1.29 is 18.0 Å². The molecule has 1 aromatic rings. The summed E-state index contributed by atoms with van der Waals surface area (Å²) in [5.41, 5.74) is 7.73. The van der Waals surface area contributed by atoms with Gasteiger partial charge in [0.25, 0.3) is 0 Å². The number of benzene rings is 1. The number of hydrogen-bond donors (Lipinski definition) is 1. The first-order chi connectivity index (χ1) is 13.9. The van der Waals surface area contributed by atoms with Gasteiger partial charge in [-0.3, -0.25) is 4.79 Å². The summed E-state index contributed by atoms with van der Waals surface area (Å²) < 4.78 is 27.6. The van der Waals surface area contributed by atoms with Crippen molar-refractivity contribution in [2.24, 2.45) is 11.7 Å². The van der Waals surface area contributed by atoms with Gasteiger partial charge in [-0.2, -0.15) is 4.31 Å². The maximum absolute atomic E-state index is 13.0. The zero-order valence-corrected chi connectivity index (χ0v) is 17.4. The lowest BCUT2D eigenvalue weighted by Gasteiger charge is -2.38. The van der Waals surface area contributed by atoms with Gasteiger partial charge in [-0.25, -0.2) is 13.2 Å². The number of nitrogens with zero attached hydrogens (tertiary/aromatic N) is 3. The Labute approximate surface area is 171 Å². The summed E-state index contributed by atoms with van der Waals surface area (Å²) in [5, 5.41) is 0. The minimum Gasteiger partial charge on any atom is -0.351 e. The van der Waals surface area contributed by atoms with E-state index < -0.39 is 16.1 Å². The van der Waals surface area contributed by atoms with Crippen LogP contribution in [0.1, 0.15) is 30.4 Å². The number of piperazine rings is 1. The van der Waals surface area contributed by atoms with E-state index in [1.54, 1.807) is 11.0 Å². The van der Waals surface area contributed by atoms with E-state index in [0.717, 1.165) is 37.7 Å². The summed E-state index contributed by atoms with van der Waals surface area (Å²) in [6, 6.07) is 4.96. The molecular formula is C20H28N4O4S. The molecule has 2 aliphatic heterocycles. The number of carbonyl (C=O) groups excluding carboxylic acids is 2. The number of fused-ring (bicyclic) bond motifs is 1. The van der Waals surface area contributed by atoms with Crippen molar-refractivity contribution in [1.29, 1.82) is 0 Å². The van der Waals surface area contributed by atoms with Crippen LogP contribution in [0, 0.1) is 5.92 Å². The van der Waals surface area contributed by atoms with Crippen LogP contribution in [-0.4, -0.2) is 73.7 Å². The SMILES string of the molecule is NC(=O)N1CCC[C@@H](C(=O)N2CCN(S(=O)(=O)c3ccc4c(c3)CCC4)CC2)C1. The van der Waals surface area contributed by atoms with Crippen LogP contribution in [0.25, 0.3) is 0 Å². The van der Waals surface area contributed by atoms with Gasteiger partial charge in [-0.05, 0) is 55.4 Å². The molecule has 1 aliphatic carbocycles. The van der Waals surface area contributed by atoms with Crippen molar-refractivity contribution in [3.63, 3.8) is 0 Å². The topological polar surface area (TPSA) is 104 Å². The lowest BCUT2D eigenvalue weighted by atomic mass is 9.96. The standard InChI is InChI=1S/C20H28N4O4S/c21-20(26)23-8-2-5-17(14-23)19(25)22-9-11-24(12-10-22)29(27,28)18-7-6-15-3-1-4-16(15)13-18/h6-7,13,17H,1-5,8-12,14H2,(H2,21,26)/t17-/m1/s1. The smallest absolute Gasteiger partial charge is 0.314 e. The minimum absolute atomic E-state index is 0.00877. The number of likely N-dealkylation sites (tertiary alicyclic amines) is 1. The van der Waals surface area contributed by atoms with E-state index in [4.69, 9.17) is 5.73 Å². The number of urea groups is 1. The Balaban J connectivity index is 1.38. The predicted octanol–water partition coefficient (Wildman–Crippen LogP) is 0.799. The van der Waals surface area contributed by atoms with Gasteiger partial charge in [0, 0.05) is 39.3 Å². The summed E-state index contributed by atoms with van der Waals surface area (Å²) in [5.74, 6) is -0.262. The van der Waals surface area contributed by atoms with Gasteiger partial charge in [0.15, 0.2) is 0 Å². The van der Waals surface area contributed by atoms with Crippen LogP contribution in [0.15, 0.2) is 23.1 Å². The van der Waals surface area contributed by atoms with Crippen molar-refractivity contribution in [3.8, 4) is 0 Å². The molecule has 9 heteroatoms. The summed E-state index contributed by atoms with van der Waals surface area (Å²) >= 11 is 0. The Morgan fingerprint density at radius 3 is 2.38 bits per heavy atom. The molecule has 3 aliphatic rings. The molecule has 0 aromatic heterocycles. The van der Waals surface area contributed by atoms with Gasteiger partial charge < -0.3 is 15.5 Å². The van der Waals surface area contributed by atoms with E-state index in [1.165, 1.54) is 14.8 Å². The fourth-order valence-electron chi connectivity index (χ4n) is 4.64. The fraction of sp³-hybridized carbons (Fsp3) is 0.600. The molecule has 158 valence electrons. The van der Waals surface area contributed by atoms with Gasteiger partial charge in [0.1, 0.15) is 0 Å². The fourth-order valence-corrected chi connectivity index (χ4v) is 6.12. The maximum Gasteiger partial charge on any atom is 0.314 e. The van der Waals surface area contributed by atoms with Crippen LogP contribution in [0.4, 0.5) is 4.79 Å². The van der Waals surface area contributed by atoms with Crippen LogP contribution in [-0.2, 0) is 27.7 Å². The second-order valence-corrected chi connectivity index (χ2v) is 10.1. The number of amides is 3. The van der Waals surface area contributed by atoms with Crippen LogP contribution in [0.5, 0.6) is 0 Å². The molecule has 0 spiro atoms. The first-order valence-electron chi connectivity index (χ1n) is 10.3. The molecule has 0 saturated carbocycles. The van der Waals surface area contributed by atoms with E-state index in [9.17, 15) is 18.0 Å². The monoisotopic (exact) mass is 420 g/mol. The van der Waals surface area contributed by atoms with E-state index in [-0.39, 0.29) is 24.9 Å². The number of aryl methyl sites for hydroxylation is 2. The number of carbonyl (C=O) groups is 2.